The maximum atomic E-state index is 13.5. The molecule has 1 aliphatic heterocycles. The summed E-state index contributed by atoms with van der Waals surface area (Å²) in [5.41, 5.74) is 4.39. The number of carbonyl (C=O) groups excluding carboxylic acids is 6. The van der Waals surface area contributed by atoms with E-state index in [1.807, 2.05) is 0 Å². The van der Waals surface area contributed by atoms with Crippen LogP contribution in [0.5, 0.6) is 0 Å². The molecule has 0 saturated carbocycles. The molecule has 5 amide bonds. The molecular formula is C30H45N7O9. The van der Waals surface area contributed by atoms with Gasteiger partial charge in [0.1, 0.15) is 23.8 Å². The van der Waals surface area contributed by atoms with Crippen molar-refractivity contribution in [2.45, 2.75) is 71.6 Å². The summed E-state index contributed by atoms with van der Waals surface area (Å²) in [6, 6.07) is 4.59. The molecule has 0 spiro atoms. The van der Waals surface area contributed by atoms with Crippen LogP contribution in [0.4, 0.5) is 15.3 Å². The van der Waals surface area contributed by atoms with Crippen molar-refractivity contribution < 1.29 is 43.0 Å². The van der Waals surface area contributed by atoms with Crippen LogP contribution in [0.2, 0.25) is 0 Å². The summed E-state index contributed by atoms with van der Waals surface area (Å²) in [5, 5.41) is 12.8. The van der Waals surface area contributed by atoms with Crippen LogP contribution in [0.25, 0.3) is 0 Å². The number of hydrogen-bond acceptors (Lipinski definition) is 10. The van der Waals surface area contributed by atoms with Gasteiger partial charge in [0.15, 0.2) is 0 Å². The smallest absolute Gasteiger partial charge is 0.421 e. The van der Waals surface area contributed by atoms with Crippen molar-refractivity contribution in [2.24, 2.45) is 5.73 Å². The molecule has 1 aromatic carbocycles. The van der Waals surface area contributed by atoms with Crippen molar-refractivity contribution in [3.05, 3.63) is 29.8 Å². The number of nitrogens with two attached hydrogens (primary N) is 1. The number of ether oxygens (including phenoxy) is 3. The first-order chi connectivity index (χ1) is 21.3. The number of guanidine groups is 1. The van der Waals surface area contributed by atoms with Crippen LogP contribution in [-0.4, -0.2) is 109 Å². The van der Waals surface area contributed by atoms with E-state index in [1.165, 1.54) is 34.1 Å². The fourth-order valence-electron chi connectivity index (χ4n) is 4.46. The second-order valence-corrected chi connectivity index (χ2v) is 12.4. The molecule has 1 aliphatic rings. The van der Waals surface area contributed by atoms with Gasteiger partial charge in [-0.1, -0.05) is 0 Å². The number of amides is 5. The number of rotatable bonds is 10. The van der Waals surface area contributed by atoms with Crippen molar-refractivity contribution in [3.63, 3.8) is 0 Å². The summed E-state index contributed by atoms with van der Waals surface area (Å²) < 4.78 is 15.2. The first kappa shape index (κ1) is 37.3. The zero-order valence-corrected chi connectivity index (χ0v) is 27.4. The van der Waals surface area contributed by atoms with Crippen LogP contribution in [0.15, 0.2) is 24.3 Å². The van der Waals surface area contributed by atoms with Crippen molar-refractivity contribution >= 4 is 47.5 Å². The quantitative estimate of drug-likeness (QED) is 0.0946. The van der Waals surface area contributed by atoms with Gasteiger partial charge < -0.3 is 40.4 Å². The van der Waals surface area contributed by atoms with Gasteiger partial charge in [0.2, 0.25) is 17.8 Å². The minimum Gasteiger partial charge on any atom is -0.459 e. The first-order valence-electron chi connectivity index (χ1n) is 14.7. The molecule has 2 rings (SSSR count). The van der Waals surface area contributed by atoms with Gasteiger partial charge in [0.25, 0.3) is 5.91 Å². The zero-order chi connectivity index (χ0) is 34.8. The third-order valence-electron chi connectivity index (χ3n) is 6.35. The Kier molecular flexibility index (Phi) is 12.9. The van der Waals surface area contributed by atoms with Crippen LogP contribution >= 0.6 is 0 Å². The number of hydrogen-bond donors (Lipinski definition) is 4. The van der Waals surface area contributed by atoms with Gasteiger partial charge in [-0.05, 0) is 78.6 Å². The summed E-state index contributed by atoms with van der Waals surface area (Å²) in [6.45, 7) is 10.0. The van der Waals surface area contributed by atoms with Crippen LogP contribution in [0, 0.1) is 5.41 Å². The molecule has 254 valence electrons. The average molecular weight is 648 g/mol. The number of nitrogens with zero attached hydrogens (tertiary/aromatic N) is 3. The van der Waals surface area contributed by atoms with Gasteiger partial charge in [-0.2, -0.15) is 0 Å². The number of carbonyl (C=O) groups is 6. The number of piperazine rings is 1. The Morgan fingerprint density at radius 2 is 1.59 bits per heavy atom. The van der Waals surface area contributed by atoms with E-state index in [4.69, 9.17) is 20.6 Å². The minimum absolute atomic E-state index is 0.0821. The second-order valence-electron chi connectivity index (χ2n) is 12.4. The number of benzene rings is 1. The molecule has 1 saturated heterocycles. The summed E-state index contributed by atoms with van der Waals surface area (Å²) in [5.74, 6) is -2.73. The maximum absolute atomic E-state index is 13.5. The molecular weight excluding hydrogens is 602 g/mol. The van der Waals surface area contributed by atoms with E-state index >= 15 is 0 Å². The van der Waals surface area contributed by atoms with Crippen molar-refractivity contribution in [3.8, 4) is 0 Å². The van der Waals surface area contributed by atoms with Crippen LogP contribution < -0.4 is 21.3 Å². The van der Waals surface area contributed by atoms with Gasteiger partial charge in [-0.3, -0.25) is 24.6 Å². The van der Waals surface area contributed by atoms with Gasteiger partial charge in [0, 0.05) is 25.2 Å². The van der Waals surface area contributed by atoms with Gasteiger partial charge >= 0.3 is 18.2 Å². The van der Waals surface area contributed by atoms with E-state index in [2.05, 4.69) is 15.4 Å². The summed E-state index contributed by atoms with van der Waals surface area (Å²) in [7, 11) is 1.14. The Balaban J connectivity index is 2.10. The Bertz CT molecular complexity index is 1300. The lowest BCUT2D eigenvalue weighted by Gasteiger charge is -2.40. The van der Waals surface area contributed by atoms with Crippen LogP contribution in [0.1, 0.15) is 64.7 Å². The summed E-state index contributed by atoms with van der Waals surface area (Å²) in [6.07, 6.45) is -1.00. The predicted octanol–water partition coefficient (Wildman–Crippen LogP) is 1.57. The van der Waals surface area contributed by atoms with E-state index in [0.717, 1.165) is 12.0 Å². The summed E-state index contributed by atoms with van der Waals surface area (Å²) >= 11 is 0. The highest BCUT2D eigenvalue weighted by atomic mass is 16.6. The standard InChI is InChI=1S/C30H45N7O9/c1-29(2,3)45-23(39)18-35-15-16-36(21(25(35)41)9-8-14-33-27(42)46-30(4,5)6)22(38)17-34-24(40)19-10-12-20(13-11-19)37(26(31)32)28(43)44-7/h10-13,21H,8-9,14-18H2,1-7H3,(H3,31,32)(H,33,42)(H,34,40). The average Bonchev–Trinajstić information content (AvgIpc) is 2.93. The lowest BCUT2D eigenvalue weighted by molar-refractivity contribution is -0.163. The fourth-order valence-corrected chi connectivity index (χ4v) is 4.46. The minimum atomic E-state index is -0.948. The summed E-state index contributed by atoms with van der Waals surface area (Å²) in [4.78, 5) is 79.5. The largest absolute Gasteiger partial charge is 0.459 e. The monoisotopic (exact) mass is 647 g/mol. The number of nitrogens with one attached hydrogen (secondary N) is 3. The zero-order valence-electron chi connectivity index (χ0n) is 27.4. The molecule has 16 nitrogen and oxygen atoms in total. The Labute approximate surface area is 268 Å². The molecule has 16 heteroatoms. The second kappa shape index (κ2) is 15.9. The van der Waals surface area contributed by atoms with E-state index in [-0.39, 0.29) is 43.9 Å². The molecule has 0 aliphatic carbocycles. The van der Waals surface area contributed by atoms with Crippen molar-refractivity contribution in [1.82, 2.24) is 20.4 Å². The molecule has 1 unspecified atom stereocenters. The first-order valence-corrected chi connectivity index (χ1v) is 14.7. The molecule has 1 aromatic rings. The van der Waals surface area contributed by atoms with Crippen LogP contribution in [-0.2, 0) is 28.6 Å². The molecule has 5 N–H and O–H groups in total. The van der Waals surface area contributed by atoms with Crippen molar-refractivity contribution in [2.75, 3.05) is 44.7 Å². The predicted molar refractivity (Wildman–Crippen MR) is 167 cm³/mol. The lowest BCUT2D eigenvalue weighted by Crippen LogP contribution is -2.61. The van der Waals surface area contributed by atoms with Gasteiger partial charge in [-0.15, -0.1) is 0 Å². The lowest BCUT2D eigenvalue weighted by atomic mass is 10.0. The van der Waals surface area contributed by atoms with Gasteiger partial charge in [0.05, 0.1) is 19.3 Å². The number of anilines is 1. The van der Waals surface area contributed by atoms with E-state index in [1.54, 1.807) is 41.5 Å². The molecule has 46 heavy (non-hydrogen) atoms. The third kappa shape index (κ3) is 11.6. The highest BCUT2D eigenvalue weighted by Gasteiger charge is 2.38. The fraction of sp³-hybridized carbons (Fsp3) is 0.567. The Morgan fingerprint density at radius 1 is 0.978 bits per heavy atom. The third-order valence-corrected chi connectivity index (χ3v) is 6.35. The Hall–Kier alpha value is -4.89. The number of alkyl carbamates (subject to hydrolysis) is 1. The normalized spacial score (nSPS) is 15.0. The van der Waals surface area contributed by atoms with Crippen molar-refractivity contribution in [1.29, 1.82) is 5.41 Å². The van der Waals surface area contributed by atoms with E-state index in [0.29, 0.717) is 6.42 Å². The number of methoxy groups -OCH3 is 1. The van der Waals surface area contributed by atoms with E-state index < -0.39 is 65.6 Å². The van der Waals surface area contributed by atoms with E-state index in [9.17, 15) is 28.8 Å². The SMILES string of the molecule is COC(=O)N(C(=N)N)c1ccc(C(=O)NCC(=O)N2CCN(CC(=O)OC(C)(C)C)C(=O)C2CCCNC(=O)OC(C)(C)C)cc1. The Morgan fingerprint density at radius 3 is 2.13 bits per heavy atom. The molecule has 1 heterocycles. The molecule has 0 aromatic heterocycles. The highest BCUT2D eigenvalue weighted by molar-refractivity contribution is 6.12. The molecule has 1 atom stereocenters. The maximum Gasteiger partial charge on any atom is 0.421 e. The topological polar surface area (TPSA) is 214 Å². The molecule has 0 radical (unpaired) electrons. The van der Waals surface area contributed by atoms with Crippen LogP contribution in [0.3, 0.4) is 0 Å². The van der Waals surface area contributed by atoms with Gasteiger partial charge in [-0.25, -0.2) is 14.5 Å². The highest BCUT2D eigenvalue weighted by Crippen LogP contribution is 2.19. The number of esters is 1. The molecule has 1 fully saturated rings. The molecule has 0 bridgehead atoms.